The van der Waals surface area contributed by atoms with Crippen LogP contribution in [0.3, 0.4) is 0 Å². The molecule has 0 atom stereocenters. The number of fused-ring (bicyclic) bond motifs is 1. The van der Waals surface area contributed by atoms with Crippen LogP contribution in [0.2, 0.25) is 0 Å². The zero-order chi connectivity index (χ0) is 15.5. The number of nitrogens with two attached hydrogens (primary N) is 1. The molecule has 0 heterocycles. The summed E-state index contributed by atoms with van der Waals surface area (Å²) in [6.45, 7) is 4.68. The molecule has 0 aliphatic carbocycles. The molecule has 0 aliphatic rings. The third kappa shape index (κ3) is 3.88. The normalized spacial score (nSPS) is 12.6. The Bertz CT molecular complexity index is 668. The molecule has 0 aromatic heterocycles. The van der Waals surface area contributed by atoms with Gasteiger partial charge in [-0.3, -0.25) is 0 Å². The standard InChI is InChI=1S/C16H20BrN3O/c1-16(2,15(18)20-21)7-8-19-14-6-4-11-9-13(17)5-3-12(11)10-14/h3-6,9-10,19,21H,7-8H2,1-2H3,(H2,18,20). The van der Waals surface area contributed by atoms with Crippen LogP contribution in [0.4, 0.5) is 5.69 Å². The maximum atomic E-state index is 8.77. The van der Waals surface area contributed by atoms with Gasteiger partial charge in [0, 0.05) is 22.1 Å². The smallest absolute Gasteiger partial charge is 0.144 e. The molecule has 0 fully saturated rings. The van der Waals surface area contributed by atoms with Crippen LogP contribution in [0, 0.1) is 5.41 Å². The molecular weight excluding hydrogens is 330 g/mol. The summed E-state index contributed by atoms with van der Waals surface area (Å²) < 4.78 is 1.08. The van der Waals surface area contributed by atoms with Crippen LogP contribution in [0.5, 0.6) is 0 Å². The van der Waals surface area contributed by atoms with Crippen LogP contribution in [0.25, 0.3) is 10.8 Å². The first-order valence-electron chi connectivity index (χ1n) is 6.83. The Kier molecular flexibility index (Phi) is 4.73. The van der Waals surface area contributed by atoms with E-state index in [2.05, 4.69) is 56.7 Å². The van der Waals surface area contributed by atoms with E-state index in [1.165, 1.54) is 10.8 Å². The Morgan fingerprint density at radius 2 is 1.90 bits per heavy atom. The lowest BCUT2D eigenvalue weighted by molar-refractivity contribution is 0.306. The van der Waals surface area contributed by atoms with E-state index in [0.29, 0.717) is 0 Å². The van der Waals surface area contributed by atoms with Gasteiger partial charge < -0.3 is 16.3 Å². The highest BCUT2D eigenvalue weighted by Crippen LogP contribution is 2.24. The van der Waals surface area contributed by atoms with Gasteiger partial charge in [0.25, 0.3) is 0 Å². The van der Waals surface area contributed by atoms with Gasteiger partial charge in [-0.15, -0.1) is 0 Å². The molecule has 4 nitrogen and oxygen atoms in total. The number of hydrogen-bond donors (Lipinski definition) is 3. The van der Waals surface area contributed by atoms with E-state index >= 15 is 0 Å². The average Bonchev–Trinajstić information content (AvgIpc) is 2.46. The Morgan fingerprint density at radius 1 is 1.24 bits per heavy atom. The van der Waals surface area contributed by atoms with E-state index < -0.39 is 0 Å². The van der Waals surface area contributed by atoms with Crippen molar-refractivity contribution < 1.29 is 5.21 Å². The number of nitrogens with one attached hydrogen (secondary N) is 1. The molecule has 0 saturated heterocycles. The maximum absolute atomic E-state index is 8.77. The van der Waals surface area contributed by atoms with Crippen molar-refractivity contribution in [1.82, 2.24) is 0 Å². The number of halogens is 1. The molecule has 0 spiro atoms. The molecule has 21 heavy (non-hydrogen) atoms. The third-order valence-electron chi connectivity index (χ3n) is 3.68. The second-order valence-corrected chi connectivity index (χ2v) is 6.67. The van der Waals surface area contributed by atoms with Gasteiger partial charge >= 0.3 is 0 Å². The molecule has 0 aliphatic heterocycles. The summed E-state index contributed by atoms with van der Waals surface area (Å²) in [5, 5.41) is 17.6. The van der Waals surface area contributed by atoms with Crippen LogP contribution in [0.15, 0.2) is 46.0 Å². The highest BCUT2D eigenvalue weighted by Gasteiger charge is 2.22. The summed E-state index contributed by atoms with van der Waals surface area (Å²) in [7, 11) is 0. The first kappa shape index (κ1) is 15.6. The van der Waals surface area contributed by atoms with Gasteiger partial charge in [0.15, 0.2) is 0 Å². The molecule has 2 aromatic carbocycles. The van der Waals surface area contributed by atoms with Gasteiger partial charge in [-0.1, -0.05) is 47.1 Å². The van der Waals surface area contributed by atoms with Crippen LogP contribution >= 0.6 is 15.9 Å². The molecule has 0 radical (unpaired) electrons. The van der Waals surface area contributed by atoms with E-state index in [1.54, 1.807) is 0 Å². The topological polar surface area (TPSA) is 70.6 Å². The van der Waals surface area contributed by atoms with Gasteiger partial charge in [-0.05, 0) is 41.5 Å². The summed E-state index contributed by atoms with van der Waals surface area (Å²) in [6, 6.07) is 12.5. The van der Waals surface area contributed by atoms with E-state index in [0.717, 1.165) is 23.1 Å². The minimum Gasteiger partial charge on any atom is -0.409 e. The van der Waals surface area contributed by atoms with Crippen LogP contribution < -0.4 is 11.1 Å². The van der Waals surface area contributed by atoms with Crippen LogP contribution in [0.1, 0.15) is 20.3 Å². The fourth-order valence-electron chi connectivity index (χ4n) is 2.11. The second kappa shape index (κ2) is 6.35. The van der Waals surface area contributed by atoms with E-state index in [1.807, 2.05) is 19.9 Å². The molecule has 5 heteroatoms. The number of anilines is 1. The second-order valence-electron chi connectivity index (χ2n) is 5.75. The van der Waals surface area contributed by atoms with Gasteiger partial charge in [0.05, 0.1) is 0 Å². The number of nitrogens with zero attached hydrogens (tertiary/aromatic N) is 1. The van der Waals surface area contributed by atoms with Crippen LogP contribution in [-0.2, 0) is 0 Å². The minimum atomic E-state index is -0.330. The summed E-state index contributed by atoms with van der Waals surface area (Å²) in [6.07, 6.45) is 0.779. The summed E-state index contributed by atoms with van der Waals surface area (Å²) >= 11 is 3.48. The van der Waals surface area contributed by atoms with Crippen molar-refractivity contribution in [2.45, 2.75) is 20.3 Å². The largest absolute Gasteiger partial charge is 0.409 e. The Balaban J connectivity index is 2.02. The van der Waals surface area contributed by atoms with Gasteiger partial charge in [-0.2, -0.15) is 0 Å². The molecule has 0 amide bonds. The van der Waals surface area contributed by atoms with E-state index in [4.69, 9.17) is 10.9 Å². The number of oxime groups is 1. The monoisotopic (exact) mass is 349 g/mol. The molecule has 112 valence electrons. The van der Waals surface area contributed by atoms with E-state index in [-0.39, 0.29) is 11.3 Å². The highest BCUT2D eigenvalue weighted by atomic mass is 79.9. The zero-order valence-corrected chi connectivity index (χ0v) is 13.8. The first-order chi connectivity index (χ1) is 9.92. The Hall–Kier alpha value is -1.75. The summed E-state index contributed by atoms with van der Waals surface area (Å²) in [4.78, 5) is 0. The quantitative estimate of drug-likeness (QED) is 0.328. The van der Waals surface area contributed by atoms with Crippen molar-refractivity contribution >= 4 is 38.2 Å². The van der Waals surface area contributed by atoms with Crippen LogP contribution in [-0.4, -0.2) is 17.6 Å². The fraction of sp³-hybridized carbons (Fsp3) is 0.312. The predicted molar refractivity (Wildman–Crippen MR) is 91.9 cm³/mol. The lowest BCUT2D eigenvalue weighted by Gasteiger charge is -2.23. The summed E-state index contributed by atoms with van der Waals surface area (Å²) in [5.41, 5.74) is 6.43. The number of benzene rings is 2. The molecule has 2 rings (SSSR count). The highest BCUT2D eigenvalue weighted by molar-refractivity contribution is 9.10. The van der Waals surface area contributed by atoms with Crippen molar-refractivity contribution in [1.29, 1.82) is 0 Å². The SMILES string of the molecule is CC(C)(CCNc1ccc2cc(Br)ccc2c1)/C(N)=N/O. The Morgan fingerprint density at radius 3 is 2.62 bits per heavy atom. The van der Waals surface area contributed by atoms with Gasteiger partial charge in [-0.25, -0.2) is 0 Å². The molecule has 0 saturated carbocycles. The lowest BCUT2D eigenvalue weighted by Crippen LogP contribution is -2.33. The molecule has 0 unspecified atom stereocenters. The maximum Gasteiger partial charge on any atom is 0.144 e. The number of amidine groups is 1. The van der Waals surface area contributed by atoms with Crippen molar-refractivity contribution in [2.24, 2.45) is 16.3 Å². The molecule has 0 bridgehead atoms. The molecular formula is C16H20BrN3O. The van der Waals surface area contributed by atoms with Crippen molar-refractivity contribution in [3.05, 3.63) is 40.9 Å². The van der Waals surface area contributed by atoms with Gasteiger partial charge in [0.1, 0.15) is 5.84 Å². The molecule has 2 aromatic rings. The number of rotatable bonds is 5. The van der Waals surface area contributed by atoms with Gasteiger partial charge in [0.2, 0.25) is 0 Å². The zero-order valence-electron chi connectivity index (χ0n) is 12.2. The number of hydrogen-bond acceptors (Lipinski definition) is 3. The minimum absolute atomic E-state index is 0.257. The van der Waals surface area contributed by atoms with Crippen molar-refractivity contribution in [2.75, 3.05) is 11.9 Å². The van der Waals surface area contributed by atoms with Crippen molar-refractivity contribution in [3.8, 4) is 0 Å². The van der Waals surface area contributed by atoms with Crippen molar-refractivity contribution in [3.63, 3.8) is 0 Å². The Labute approximate surface area is 133 Å². The first-order valence-corrected chi connectivity index (χ1v) is 7.63. The fourth-order valence-corrected chi connectivity index (χ4v) is 2.49. The summed E-state index contributed by atoms with van der Waals surface area (Å²) in [5.74, 6) is 0.257. The van der Waals surface area contributed by atoms with E-state index in [9.17, 15) is 0 Å². The molecule has 4 N–H and O–H groups in total. The third-order valence-corrected chi connectivity index (χ3v) is 4.18. The predicted octanol–water partition coefficient (Wildman–Crippen LogP) is 4.18. The average molecular weight is 350 g/mol. The lowest BCUT2D eigenvalue weighted by atomic mass is 9.88.